The van der Waals surface area contributed by atoms with E-state index in [9.17, 15) is 14.9 Å². The zero-order chi connectivity index (χ0) is 14.6. The molecule has 8 heteroatoms. The predicted molar refractivity (Wildman–Crippen MR) is 77.5 cm³/mol. The highest BCUT2D eigenvalue weighted by molar-refractivity contribution is 5.95. The Balaban J connectivity index is 0.00000361. The molecule has 1 amide bonds. The Kier molecular flexibility index (Phi) is 6.41. The average Bonchev–Trinajstić information content (AvgIpc) is 2.37. The largest absolute Gasteiger partial charge is 0.490 e. The van der Waals surface area contributed by atoms with E-state index in [0.717, 1.165) is 0 Å². The summed E-state index contributed by atoms with van der Waals surface area (Å²) >= 11 is 0. The van der Waals surface area contributed by atoms with Gasteiger partial charge in [-0.25, -0.2) is 0 Å². The number of carbonyl (C=O) groups is 1. The summed E-state index contributed by atoms with van der Waals surface area (Å²) in [6, 6.07) is 3.95. The molecule has 0 aromatic heterocycles. The van der Waals surface area contributed by atoms with Crippen molar-refractivity contribution in [3.05, 3.63) is 33.9 Å². The van der Waals surface area contributed by atoms with Crippen LogP contribution in [0.2, 0.25) is 0 Å². The molecule has 0 atom stereocenters. The molecule has 0 bridgehead atoms. The Morgan fingerprint density at radius 1 is 1.50 bits per heavy atom. The topological polar surface area (TPSA) is 107 Å². The zero-order valence-corrected chi connectivity index (χ0v) is 12.3. The Morgan fingerprint density at radius 3 is 2.55 bits per heavy atom. The van der Waals surface area contributed by atoms with Crippen molar-refractivity contribution in [2.45, 2.75) is 19.4 Å². The lowest BCUT2D eigenvalue weighted by molar-refractivity contribution is -0.385. The number of hydrogen-bond acceptors (Lipinski definition) is 5. The van der Waals surface area contributed by atoms with Crippen molar-refractivity contribution in [3.8, 4) is 5.75 Å². The van der Waals surface area contributed by atoms with E-state index < -0.39 is 10.5 Å². The van der Waals surface area contributed by atoms with Crippen LogP contribution in [0.3, 0.4) is 0 Å². The van der Waals surface area contributed by atoms with Crippen LogP contribution in [-0.4, -0.2) is 30.0 Å². The molecule has 20 heavy (non-hydrogen) atoms. The fraction of sp³-hybridized carbons (Fsp3) is 0.417. The minimum atomic E-state index is -0.565. The zero-order valence-electron chi connectivity index (χ0n) is 11.5. The quantitative estimate of drug-likeness (QED) is 0.633. The van der Waals surface area contributed by atoms with E-state index in [1.54, 1.807) is 13.8 Å². The first-order valence-electron chi connectivity index (χ1n) is 5.66. The number of nitrogens with zero attached hydrogens (tertiary/aromatic N) is 1. The van der Waals surface area contributed by atoms with Gasteiger partial charge in [-0.2, -0.15) is 0 Å². The van der Waals surface area contributed by atoms with Gasteiger partial charge in [0, 0.05) is 29.8 Å². The molecule has 1 aromatic carbocycles. The van der Waals surface area contributed by atoms with E-state index in [-0.39, 0.29) is 41.9 Å². The van der Waals surface area contributed by atoms with Gasteiger partial charge in [-0.15, -0.1) is 12.4 Å². The molecule has 0 aliphatic carbocycles. The molecule has 0 saturated carbocycles. The van der Waals surface area contributed by atoms with Crippen LogP contribution < -0.4 is 15.8 Å². The number of methoxy groups -OCH3 is 1. The lowest BCUT2D eigenvalue weighted by atomic mass is 10.0. The summed E-state index contributed by atoms with van der Waals surface area (Å²) in [6.07, 6.45) is 0. The minimum absolute atomic E-state index is 0. The van der Waals surface area contributed by atoms with Crippen LogP contribution in [0.4, 0.5) is 5.69 Å². The standard InChI is InChI=1S/C12H17N3O4.ClH/c1-12(2,7-13)14-11(16)8-4-5-9(15(17)18)10(6-8)19-3;/h4-6H,7,13H2,1-3H3,(H,14,16);1H. The number of nitrogens with two attached hydrogens (primary N) is 1. The Morgan fingerprint density at radius 2 is 2.10 bits per heavy atom. The van der Waals surface area contributed by atoms with Gasteiger partial charge in [-0.05, 0) is 19.9 Å². The summed E-state index contributed by atoms with van der Waals surface area (Å²) in [6.45, 7) is 3.85. The maximum absolute atomic E-state index is 12.0. The predicted octanol–water partition coefficient (Wildman–Crippen LogP) is 1.49. The maximum atomic E-state index is 12.0. The molecule has 0 saturated heterocycles. The smallest absolute Gasteiger partial charge is 0.310 e. The fourth-order valence-electron chi connectivity index (χ4n) is 1.40. The van der Waals surface area contributed by atoms with Crippen molar-refractivity contribution in [1.82, 2.24) is 5.32 Å². The average molecular weight is 304 g/mol. The van der Waals surface area contributed by atoms with Gasteiger partial charge in [-0.1, -0.05) is 0 Å². The second-order valence-corrected chi connectivity index (χ2v) is 4.69. The van der Waals surface area contributed by atoms with E-state index in [4.69, 9.17) is 10.5 Å². The molecule has 112 valence electrons. The molecular formula is C12H18ClN3O4. The van der Waals surface area contributed by atoms with E-state index in [1.807, 2.05) is 0 Å². The first-order chi connectivity index (χ1) is 8.80. The molecule has 7 nitrogen and oxygen atoms in total. The van der Waals surface area contributed by atoms with Gasteiger partial charge >= 0.3 is 5.69 Å². The third kappa shape index (κ3) is 4.36. The molecule has 0 unspecified atom stereocenters. The number of nitro benzene ring substituents is 1. The third-order valence-corrected chi connectivity index (χ3v) is 2.60. The molecule has 0 spiro atoms. The van der Waals surface area contributed by atoms with Crippen LogP contribution in [-0.2, 0) is 0 Å². The van der Waals surface area contributed by atoms with Gasteiger partial charge in [0.25, 0.3) is 5.91 Å². The minimum Gasteiger partial charge on any atom is -0.490 e. The summed E-state index contributed by atoms with van der Waals surface area (Å²) in [7, 11) is 1.31. The molecule has 0 radical (unpaired) electrons. The summed E-state index contributed by atoms with van der Waals surface area (Å²) < 4.78 is 4.91. The Hall–Kier alpha value is -1.86. The molecule has 0 aliphatic heterocycles. The van der Waals surface area contributed by atoms with Crippen LogP contribution in [0.15, 0.2) is 18.2 Å². The normalized spacial score (nSPS) is 10.4. The number of amides is 1. The number of nitrogens with one attached hydrogen (secondary N) is 1. The van der Waals surface area contributed by atoms with Crippen molar-refractivity contribution < 1.29 is 14.5 Å². The van der Waals surface area contributed by atoms with Crippen LogP contribution >= 0.6 is 12.4 Å². The monoisotopic (exact) mass is 303 g/mol. The Bertz CT molecular complexity index is 505. The van der Waals surface area contributed by atoms with Gasteiger partial charge < -0.3 is 15.8 Å². The second-order valence-electron chi connectivity index (χ2n) is 4.69. The molecule has 0 heterocycles. The summed E-state index contributed by atoms with van der Waals surface area (Å²) in [4.78, 5) is 22.2. The summed E-state index contributed by atoms with van der Waals surface area (Å²) in [5.74, 6) is -0.313. The number of rotatable bonds is 5. The van der Waals surface area contributed by atoms with Crippen molar-refractivity contribution in [2.24, 2.45) is 5.73 Å². The molecule has 1 aromatic rings. The number of hydrogen-bond donors (Lipinski definition) is 2. The molecular weight excluding hydrogens is 286 g/mol. The van der Waals surface area contributed by atoms with E-state index in [2.05, 4.69) is 5.32 Å². The van der Waals surface area contributed by atoms with E-state index >= 15 is 0 Å². The van der Waals surface area contributed by atoms with Gasteiger partial charge in [0.1, 0.15) is 0 Å². The van der Waals surface area contributed by atoms with Crippen LogP contribution in [0.5, 0.6) is 5.75 Å². The summed E-state index contributed by atoms with van der Waals surface area (Å²) in [5, 5.41) is 13.5. The van der Waals surface area contributed by atoms with Crippen LogP contribution in [0.1, 0.15) is 24.2 Å². The number of ether oxygens (including phenoxy) is 1. The first-order valence-corrected chi connectivity index (χ1v) is 5.66. The highest BCUT2D eigenvalue weighted by Crippen LogP contribution is 2.27. The second kappa shape index (κ2) is 7.06. The van der Waals surface area contributed by atoms with Crippen molar-refractivity contribution in [1.29, 1.82) is 0 Å². The van der Waals surface area contributed by atoms with Crippen molar-refractivity contribution in [3.63, 3.8) is 0 Å². The van der Waals surface area contributed by atoms with Gasteiger partial charge in [0.2, 0.25) is 0 Å². The number of halogens is 1. The first kappa shape index (κ1) is 18.1. The van der Waals surface area contributed by atoms with Crippen molar-refractivity contribution >= 4 is 24.0 Å². The van der Waals surface area contributed by atoms with E-state index in [0.29, 0.717) is 0 Å². The molecule has 3 N–H and O–H groups in total. The maximum Gasteiger partial charge on any atom is 0.310 e. The molecule has 1 rings (SSSR count). The third-order valence-electron chi connectivity index (χ3n) is 2.60. The molecule has 0 fully saturated rings. The highest BCUT2D eigenvalue weighted by atomic mass is 35.5. The number of benzene rings is 1. The van der Waals surface area contributed by atoms with Crippen molar-refractivity contribution in [2.75, 3.05) is 13.7 Å². The van der Waals surface area contributed by atoms with Gasteiger partial charge in [-0.3, -0.25) is 14.9 Å². The summed E-state index contributed by atoms with van der Waals surface area (Å²) in [5.41, 5.74) is 5.07. The number of nitro groups is 1. The van der Waals surface area contributed by atoms with Crippen LogP contribution in [0.25, 0.3) is 0 Å². The SMILES string of the molecule is COc1cc(C(=O)NC(C)(C)CN)ccc1[N+](=O)[O-].Cl. The molecule has 0 aliphatic rings. The fourth-order valence-corrected chi connectivity index (χ4v) is 1.40. The lowest BCUT2D eigenvalue weighted by Crippen LogP contribution is -2.48. The van der Waals surface area contributed by atoms with E-state index in [1.165, 1.54) is 25.3 Å². The Labute approximate surface area is 123 Å². The van der Waals surface area contributed by atoms with Gasteiger partial charge in [0.15, 0.2) is 5.75 Å². The number of carbonyl (C=O) groups excluding carboxylic acids is 1. The van der Waals surface area contributed by atoms with Gasteiger partial charge in [0.05, 0.1) is 12.0 Å². The lowest BCUT2D eigenvalue weighted by Gasteiger charge is -2.24. The highest BCUT2D eigenvalue weighted by Gasteiger charge is 2.22. The van der Waals surface area contributed by atoms with Crippen LogP contribution in [0, 0.1) is 10.1 Å².